The monoisotopic (exact) mass is 303 g/mol. The zero-order chi connectivity index (χ0) is 15.3. The predicted octanol–water partition coefficient (Wildman–Crippen LogP) is 2.07. The zero-order valence-electron chi connectivity index (χ0n) is 11.4. The highest BCUT2D eigenvalue weighted by Crippen LogP contribution is 2.16. The number of rotatable bonds is 6. The van der Waals surface area contributed by atoms with Crippen molar-refractivity contribution in [2.24, 2.45) is 11.1 Å². The molecule has 0 atom stereocenters. The minimum atomic E-state index is -4.21. The van der Waals surface area contributed by atoms with Gasteiger partial charge in [-0.05, 0) is 37.0 Å². The van der Waals surface area contributed by atoms with E-state index in [0.29, 0.717) is 12.3 Å². The summed E-state index contributed by atoms with van der Waals surface area (Å²) in [5, 5.41) is 4.86. The summed E-state index contributed by atoms with van der Waals surface area (Å²) in [4.78, 5) is 11.0. The summed E-state index contributed by atoms with van der Waals surface area (Å²) in [5.41, 5.74) is -0.0417. The Kier molecular flexibility index (Phi) is 5.64. The van der Waals surface area contributed by atoms with Gasteiger partial charge in [-0.2, -0.15) is 0 Å². The second kappa shape index (κ2) is 6.81. The SMILES string of the molecule is CC(C)CCCOC(=O)c1ccc(F)c(S(N)(=O)=O)c1. The number of hydrogen-bond acceptors (Lipinski definition) is 4. The smallest absolute Gasteiger partial charge is 0.338 e. The average molecular weight is 303 g/mol. The molecule has 0 aliphatic rings. The molecule has 0 saturated heterocycles. The van der Waals surface area contributed by atoms with Crippen molar-refractivity contribution < 1.29 is 22.3 Å². The number of hydrogen-bond donors (Lipinski definition) is 1. The van der Waals surface area contributed by atoms with Crippen LogP contribution >= 0.6 is 0 Å². The first kappa shape index (κ1) is 16.6. The number of halogens is 1. The fraction of sp³-hybridized carbons (Fsp3) is 0.462. The van der Waals surface area contributed by atoms with Crippen molar-refractivity contribution >= 4 is 16.0 Å². The maximum Gasteiger partial charge on any atom is 0.338 e. The normalized spacial score (nSPS) is 11.7. The number of benzene rings is 1. The van der Waals surface area contributed by atoms with Crippen LogP contribution in [0, 0.1) is 11.7 Å². The van der Waals surface area contributed by atoms with Gasteiger partial charge in [-0.25, -0.2) is 22.7 Å². The summed E-state index contributed by atoms with van der Waals surface area (Å²) >= 11 is 0. The second-order valence-electron chi connectivity index (χ2n) is 4.86. The van der Waals surface area contributed by atoms with Gasteiger partial charge in [-0.1, -0.05) is 13.8 Å². The largest absolute Gasteiger partial charge is 0.462 e. The van der Waals surface area contributed by atoms with Crippen molar-refractivity contribution in [3.05, 3.63) is 29.6 Å². The van der Waals surface area contributed by atoms with Gasteiger partial charge in [0.15, 0.2) is 0 Å². The molecule has 0 heterocycles. The lowest BCUT2D eigenvalue weighted by Gasteiger charge is -2.07. The van der Waals surface area contributed by atoms with Crippen LogP contribution in [0.3, 0.4) is 0 Å². The first-order chi connectivity index (χ1) is 9.21. The number of carbonyl (C=O) groups excluding carboxylic acids is 1. The Morgan fingerprint density at radius 1 is 1.40 bits per heavy atom. The number of nitrogens with two attached hydrogens (primary N) is 1. The van der Waals surface area contributed by atoms with Gasteiger partial charge in [-0.15, -0.1) is 0 Å². The molecule has 0 aromatic heterocycles. The molecule has 1 aromatic rings. The van der Waals surface area contributed by atoms with E-state index in [4.69, 9.17) is 9.88 Å². The van der Waals surface area contributed by atoms with Crippen molar-refractivity contribution in [1.82, 2.24) is 0 Å². The first-order valence-electron chi connectivity index (χ1n) is 6.21. The molecule has 0 unspecified atom stereocenters. The van der Waals surface area contributed by atoms with Crippen LogP contribution in [-0.2, 0) is 14.8 Å². The lowest BCUT2D eigenvalue weighted by atomic mass is 10.1. The van der Waals surface area contributed by atoms with E-state index in [1.807, 2.05) is 0 Å². The third kappa shape index (κ3) is 4.90. The van der Waals surface area contributed by atoms with Crippen LogP contribution in [0.4, 0.5) is 4.39 Å². The topological polar surface area (TPSA) is 86.5 Å². The molecule has 0 amide bonds. The second-order valence-corrected chi connectivity index (χ2v) is 6.39. The molecule has 1 aromatic carbocycles. The minimum Gasteiger partial charge on any atom is -0.462 e. The molecule has 0 fully saturated rings. The Morgan fingerprint density at radius 2 is 2.05 bits per heavy atom. The van der Waals surface area contributed by atoms with E-state index in [9.17, 15) is 17.6 Å². The molecule has 1 rings (SSSR count). The van der Waals surface area contributed by atoms with Crippen molar-refractivity contribution in [3.8, 4) is 0 Å². The highest BCUT2D eigenvalue weighted by Gasteiger charge is 2.18. The van der Waals surface area contributed by atoms with Gasteiger partial charge >= 0.3 is 5.97 Å². The summed E-state index contributed by atoms with van der Waals surface area (Å²) in [6, 6.07) is 2.93. The van der Waals surface area contributed by atoms with Gasteiger partial charge in [0, 0.05) is 0 Å². The van der Waals surface area contributed by atoms with Gasteiger partial charge in [-0.3, -0.25) is 0 Å². The van der Waals surface area contributed by atoms with Gasteiger partial charge in [0.05, 0.1) is 12.2 Å². The molecule has 5 nitrogen and oxygen atoms in total. The number of esters is 1. The van der Waals surface area contributed by atoms with Gasteiger partial charge in [0.1, 0.15) is 10.7 Å². The van der Waals surface area contributed by atoms with E-state index in [1.165, 1.54) is 0 Å². The van der Waals surface area contributed by atoms with Crippen molar-refractivity contribution in [1.29, 1.82) is 0 Å². The third-order valence-electron chi connectivity index (χ3n) is 2.63. The Balaban J connectivity index is 2.75. The lowest BCUT2D eigenvalue weighted by Crippen LogP contribution is -2.16. The maximum atomic E-state index is 13.3. The third-order valence-corrected chi connectivity index (χ3v) is 3.56. The molecule has 0 aliphatic heterocycles. The Labute approximate surface area is 118 Å². The van der Waals surface area contributed by atoms with E-state index in [1.54, 1.807) is 0 Å². The van der Waals surface area contributed by atoms with Crippen molar-refractivity contribution in [2.45, 2.75) is 31.6 Å². The number of sulfonamides is 1. The Hall–Kier alpha value is -1.47. The average Bonchev–Trinajstić information content (AvgIpc) is 2.33. The fourth-order valence-electron chi connectivity index (χ4n) is 1.59. The van der Waals surface area contributed by atoms with Crippen LogP contribution in [0.2, 0.25) is 0 Å². The molecule has 112 valence electrons. The van der Waals surface area contributed by atoms with E-state index >= 15 is 0 Å². The summed E-state index contributed by atoms with van der Waals surface area (Å²) in [5.74, 6) is -1.18. The van der Waals surface area contributed by atoms with Crippen LogP contribution in [0.15, 0.2) is 23.1 Å². The number of carbonyl (C=O) groups is 1. The Bertz CT molecular complexity index is 584. The zero-order valence-corrected chi connectivity index (χ0v) is 12.2. The highest BCUT2D eigenvalue weighted by atomic mass is 32.2. The van der Waals surface area contributed by atoms with Crippen LogP contribution in [0.25, 0.3) is 0 Å². The Morgan fingerprint density at radius 3 is 2.60 bits per heavy atom. The number of primary sulfonamides is 1. The molecule has 0 spiro atoms. The van der Waals surface area contributed by atoms with Gasteiger partial charge in [0.25, 0.3) is 0 Å². The fourth-order valence-corrected chi connectivity index (χ4v) is 2.22. The van der Waals surface area contributed by atoms with Crippen molar-refractivity contribution in [3.63, 3.8) is 0 Å². The lowest BCUT2D eigenvalue weighted by molar-refractivity contribution is 0.0494. The summed E-state index contributed by atoms with van der Waals surface area (Å²) in [6.07, 6.45) is 1.63. The highest BCUT2D eigenvalue weighted by molar-refractivity contribution is 7.89. The molecule has 0 bridgehead atoms. The molecule has 2 N–H and O–H groups in total. The van der Waals surface area contributed by atoms with Crippen LogP contribution in [0.5, 0.6) is 0 Å². The van der Waals surface area contributed by atoms with Gasteiger partial charge < -0.3 is 4.74 Å². The van der Waals surface area contributed by atoms with E-state index < -0.39 is 26.7 Å². The minimum absolute atomic E-state index is 0.0417. The molecule has 0 aliphatic carbocycles. The molecule has 0 saturated carbocycles. The quantitative estimate of drug-likeness (QED) is 0.644. The number of ether oxygens (including phenoxy) is 1. The maximum absolute atomic E-state index is 13.3. The standard InChI is InChI=1S/C13H18FNO4S/c1-9(2)4-3-7-19-13(16)10-5-6-11(14)12(8-10)20(15,17)18/h5-6,8-9H,3-4,7H2,1-2H3,(H2,15,17,18). The summed E-state index contributed by atoms with van der Waals surface area (Å²) in [6.45, 7) is 4.35. The molecule has 7 heteroatoms. The van der Waals surface area contributed by atoms with Crippen molar-refractivity contribution in [2.75, 3.05) is 6.61 Å². The summed E-state index contributed by atoms with van der Waals surface area (Å²) < 4.78 is 40.6. The molecule has 20 heavy (non-hydrogen) atoms. The van der Waals surface area contributed by atoms with E-state index in [0.717, 1.165) is 24.6 Å². The van der Waals surface area contributed by atoms with Crippen LogP contribution in [-0.4, -0.2) is 21.0 Å². The van der Waals surface area contributed by atoms with Crippen LogP contribution < -0.4 is 5.14 Å². The summed E-state index contributed by atoms with van der Waals surface area (Å²) in [7, 11) is -4.21. The molecular weight excluding hydrogens is 285 g/mol. The first-order valence-corrected chi connectivity index (χ1v) is 7.76. The van der Waals surface area contributed by atoms with Gasteiger partial charge in [0.2, 0.25) is 10.0 Å². The predicted molar refractivity (Wildman–Crippen MR) is 72.1 cm³/mol. The molecule has 0 radical (unpaired) electrons. The molecular formula is C13H18FNO4S. The van der Waals surface area contributed by atoms with Crippen LogP contribution in [0.1, 0.15) is 37.0 Å². The van der Waals surface area contributed by atoms with E-state index in [2.05, 4.69) is 13.8 Å². The van der Waals surface area contributed by atoms with E-state index in [-0.39, 0.29) is 12.2 Å².